The molecule has 1 aliphatic rings. The lowest BCUT2D eigenvalue weighted by Crippen LogP contribution is -2.51. The largest absolute Gasteiger partial charge is 0.480 e. The van der Waals surface area contributed by atoms with Gasteiger partial charge < -0.3 is 10.4 Å². The number of nitrogens with one attached hydrogen (secondary N) is 1. The van der Waals surface area contributed by atoms with E-state index in [2.05, 4.69) is 17.4 Å². The second-order valence-electron chi connectivity index (χ2n) is 5.30. The van der Waals surface area contributed by atoms with Gasteiger partial charge in [-0.15, -0.1) is 0 Å². The standard InChI is InChI=1S/C15H21NO2/c1-15(14(17)18,13-9-10-13)16-11-5-8-12-6-3-2-4-7-12/h2-4,6-7,13,16H,5,8-11H2,1H3,(H,17,18). The number of rotatable bonds is 7. The molecule has 0 amide bonds. The van der Waals surface area contributed by atoms with Crippen LogP contribution in [0.5, 0.6) is 0 Å². The van der Waals surface area contributed by atoms with Gasteiger partial charge in [-0.2, -0.15) is 0 Å². The van der Waals surface area contributed by atoms with Crippen molar-refractivity contribution in [3.05, 3.63) is 35.9 Å². The Morgan fingerprint density at radius 2 is 2.06 bits per heavy atom. The van der Waals surface area contributed by atoms with Crippen LogP contribution < -0.4 is 5.32 Å². The van der Waals surface area contributed by atoms with Gasteiger partial charge in [0.2, 0.25) is 0 Å². The van der Waals surface area contributed by atoms with E-state index < -0.39 is 11.5 Å². The molecule has 1 aliphatic carbocycles. The van der Waals surface area contributed by atoms with Crippen LogP contribution in [-0.4, -0.2) is 23.2 Å². The van der Waals surface area contributed by atoms with Crippen LogP contribution in [0, 0.1) is 5.92 Å². The number of benzene rings is 1. The lowest BCUT2D eigenvalue weighted by molar-refractivity contribution is -0.145. The average Bonchev–Trinajstić information content (AvgIpc) is 3.20. The third kappa shape index (κ3) is 3.10. The van der Waals surface area contributed by atoms with Crippen molar-refractivity contribution in [3.63, 3.8) is 0 Å². The SMILES string of the molecule is CC(NCCCc1ccccc1)(C(=O)O)C1CC1. The monoisotopic (exact) mass is 247 g/mol. The molecule has 1 atom stereocenters. The molecule has 1 aromatic carbocycles. The van der Waals surface area contributed by atoms with Gasteiger partial charge in [-0.25, -0.2) is 0 Å². The van der Waals surface area contributed by atoms with Gasteiger partial charge in [0, 0.05) is 0 Å². The van der Waals surface area contributed by atoms with Crippen molar-refractivity contribution in [1.29, 1.82) is 0 Å². The third-order valence-corrected chi connectivity index (χ3v) is 3.82. The van der Waals surface area contributed by atoms with E-state index in [-0.39, 0.29) is 0 Å². The molecule has 3 heteroatoms. The molecule has 0 aliphatic heterocycles. The first-order valence-corrected chi connectivity index (χ1v) is 6.65. The fraction of sp³-hybridized carbons (Fsp3) is 0.533. The zero-order valence-corrected chi connectivity index (χ0v) is 10.9. The molecule has 0 radical (unpaired) electrons. The first-order chi connectivity index (χ1) is 8.63. The Labute approximate surface area is 108 Å². The second-order valence-corrected chi connectivity index (χ2v) is 5.30. The van der Waals surface area contributed by atoms with E-state index in [1.165, 1.54) is 5.56 Å². The topological polar surface area (TPSA) is 49.3 Å². The Hall–Kier alpha value is -1.35. The van der Waals surface area contributed by atoms with Crippen LogP contribution in [0.25, 0.3) is 0 Å². The Balaban J connectivity index is 1.76. The van der Waals surface area contributed by atoms with E-state index in [1.807, 2.05) is 25.1 Å². The van der Waals surface area contributed by atoms with Crippen LogP contribution in [0.1, 0.15) is 31.7 Å². The van der Waals surface area contributed by atoms with Gasteiger partial charge in [0.1, 0.15) is 5.54 Å². The van der Waals surface area contributed by atoms with Crippen LogP contribution in [0.15, 0.2) is 30.3 Å². The molecule has 0 spiro atoms. The normalized spacial score (nSPS) is 18.3. The molecule has 2 N–H and O–H groups in total. The number of carboxylic acids is 1. The Bertz CT molecular complexity index is 400. The summed E-state index contributed by atoms with van der Waals surface area (Å²) in [4.78, 5) is 11.3. The maximum absolute atomic E-state index is 11.3. The van der Waals surface area contributed by atoms with Crippen LogP contribution in [0.4, 0.5) is 0 Å². The number of carbonyl (C=O) groups is 1. The zero-order chi connectivity index (χ0) is 13.0. The number of hydrogen-bond acceptors (Lipinski definition) is 2. The van der Waals surface area contributed by atoms with Gasteiger partial charge in [-0.3, -0.25) is 4.79 Å². The molecule has 0 heterocycles. The van der Waals surface area contributed by atoms with Gasteiger partial charge in [0.15, 0.2) is 0 Å². The Kier molecular flexibility index (Phi) is 4.02. The molecule has 1 fully saturated rings. The summed E-state index contributed by atoms with van der Waals surface area (Å²) < 4.78 is 0. The molecule has 1 unspecified atom stereocenters. The highest BCUT2D eigenvalue weighted by Gasteiger charge is 2.46. The predicted molar refractivity (Wildman–Crippen MR) is 71.5 cm³/mol. The first-order valence-electron chi connectivity index (χ1n) is 6.65. The van der Waals surface area contributed by atoms with E-state index in [0.717, 1.165) is 32.2 Å². The zero-order valence-electron chi connectivity index (χ0n) is 10.9. The number of aliphatic carboxylic acids is 1. The summed E-state index contributed by atoms with van der Waals surface area (Å²) in [5, 5.41) is 12.5. The molecular weight excluding hydrogens is 226 g/mol. The Morgan fingerprint density at radius 3 is 2.61 bits per heavy atom. The summed E-state index contributed by atoms with van der Waals surface area (Å²) >= 11 is 0. The van der Waals surface area contributed by atoms with Gasteiger partial charge >= 0.3 is 5.97 Å². The van der Waals surface area contributed by atoms with Gasteiger partial charge in [0.05, 0.1) is 0 Å². The summed E-state index contributed by atoms with van der Waals surface area (Å²) in [6, 6.07) is 10.3. The summed E-state index contributed by atoms with van der Waals surface area (Å²) in [5.74, 6) is -0.406. The summed E-state index contributed by atoms with van der Waals surface area (Å²) in [7, 11) is 0. The number of aryl methyl sites for hydroxylation is 1. The molecule has 2 rings (SSSR count). The molecule has 0 aromatic heterocycles. The average molecular weight is 247 g/mol. The minimum absolute atomic E-state index is 0.312. The molecule has 0 saturated heterocycles. The maximum Gasteiger partial charge on any atom is 0.323 e. The van der Waals surface area contributed by atoms with Crippen LogP contribution in [0.3, 0.4) is 0 Å². The van der Waals surface area contributed by atoms with Crippen molar-refractivity contribution in [3.8, 4) is 0 Å². The summed E-state index contributed by atoms with van der Waals surface area (Å²) in [6.07, 6.45) is 4.04. The highest BCUT2D eigenvalue weighted by Crippen LogP contribution is 2.39. The maximum atomic E-state index is 11.3. The van der Waals surface area contributed by atoms with Crippen molar-refractivity contribution in [1.82, 2.24) is 5.32 Å². The second kappa shape index (κ2) is 5.53. The van der Waals surface area contributed by atoms with Gasteiger partial charge in [-0.05, 0) is 50.6 Å². The predicted octanol–water partition coefficient (Wildman–Crippen LogP) is 2.46. The van der Waals surface area contributed by atoms with Crippen molar-refractivity contribution >= 4 is 5.97 Å². The van der Waals surface area contributed by atoms with Gasteiger partial charge in [-0.1, -0.05) is 30.3 Å². The summed E-state index contributed by atoms with van der Waals surface area (Å²) in [5.41, 5.74) is 0.583. The van der Waals surface area contributed by atoms with Crippen molar-refractivity contribution in [2.24, 2.45) is 5.92 Å². The Morgan fingerprint density at radius 1 is 1.39 bits per heavy atom. The highest BCUT2D eigenvalue weighted by atomic mass is 16.4. The smallest absolute Gasteiger partial charge is 0.323 e. The summed E-state index contributed by atoms with van der Waals surface area (Å²) in [6.45, 7) is 2.57. The van der Waals surface area contributed by atoms with E-state index in [4.69, 9.17) is 0 Å². The molecule has 3 nitrogen and oxygen atoms in total. The molecule has 98 valence electrons. The molecule has 18 heavy (non-hydrogen) atoms. The molecule has 1 aromatic rings. The fourth-order valence-electron chi connectivity index (χ4n) is 2.34. The van der Waals surface area contributed by atoms with E-state index in [9.17, 15) is 9.90 Å². The minimum atomic E-state index is -0.726. The highest BCUT2D eigenvalue weighted by molar-refractivity contribution is 5.79. The third-order valence-electron chi connectivity index (χ3n) is 3.82. The van der Waals surface area contributed by atoms with Crippen molar-refractivity contribution < 1.29 is 9.90 Å². The van der Waals surface area contributed by atoms with Crippen LogP contribution in [0.2, 0.25) is 0 Å². The van der Waals surface area contributed by atoms with E-state index in [0.29, 0.717) is 5.92 Å². The first kappa shape index (κ1) is 13.1. The fourth-order valence-corrected chi connectivity index (χ4v) is 2.34. The number of carboxylic acid groups (broad SMARTS) is 1. The molecule has 1 saturated carbocycles. The lowest BCUT2D eigenvalue weighted by atomic mass is 9.95. The lowest BCUT2D eigenvalue weighted by Gasteiger charge is -2.26. The minimum Gasteiger partial charge on any atom is -0.480 e. The molecule has 0 bridgehead atoms. The quantitative estimate of drug-likeness (QED) is 0.728. The van der Waals surface area contributed by atoms with Crippen LogP contribution in [-0.2, 0) is 11.2 Å². The van der Waals surface area contributed by atoms with Gasteiger partial charge in [0.25, 0.3) is 0 Å². The van der Waals surface area contributed by atoms with Crippen molar-refractivity contribution in [2.75, 3.05) is 6.54 Å². The number of hydrogen-bond donors (Lipinski definition) is 2. The van der Waals surface area contributed by atoms with E-state index in [1.54, 1.807) is 0 Å². The van der Waals surface area contributed by atoms with Crippen molar-refractivity contribution in [2.45, 2.75) is 38.1 Å². The molecular formula is C15H21NO2. The van der Waals surface area contributed by atoms with E-state index >= 15 is 0 Å². The van der Waals surface area contributed by atoms with Crippen LogP contribution >= 0.6 is 0 Å².